The van der Waals surface area contributed by atoms with E-state index in [4.69, 9.17) is 0 Å². The van der Waals surface area contributed by atoms with Crippen molar-refractivity contribution in [2.75, 3.05) is 0 Å². The van der Waals surface area contributed by atoms with Crippen molar-refractivity contribution in [2.45, 2.75) is 98.8 Å². The summed E-state index contributed by atoms with van der Waals surface area (Å²) in [4.78, 5) is 24.8. The van der Waals surface area contributed by atoms with Crippen LogP contribution in [-0.4, -0.2) is 16.7 Å². The zero-order chi connectivity index (χ0) is 24.4. The highest BCUT2D eigenvalue weighted by molar-refractivity contribution is 6.52. The average Bonchev–Trinajstić information content (AvgIpc) is 2.77. The van der Waals surface area contributed by atoms with Crippen LogP contribution in [0.3, 0.4) is 0 Å². The molecule has 0 heterocycles. The molecule has 2 atom stereocenters. The maximum atomic E-state index is 12.5. The Morgan fingerprint density at radius 2 is 1.36 bits per heavy atom. The molecule has 1 aromatic rings. The summed E-state index contributed by atoms with van der Waals surface area (Å²) < 4.78 is 0. The molecule has 1 aromatic carbocycles. The maximum absolute atomic E-state index is 12.5. The number of fused-ring (bicyclic) bond motifs is 1. The van der Waals surface area contributed by atoms with E-state index in [1.54, 1.807) is 24.3 Å². The van der Waals surface area contributed by atoms with Crippen LogP contribution in [0.4, 0.5) is 0 Å². The van der Waals surface area contributed by atoms with Crippen LogP contribution in [-0.2, 0) is 4.79 Å². The zero-order valence-electron chi connectivity index (χ0n) is 21.5. The van der Waals surface area contributed by atoms with Gasteiger partial charge >= 0.3 is 0 Å². The van der Waals surface area contributed by atoms with Gasteiger partial charge in [-0.25, -0.2) is 0 Å². The van der Waals surface area contributed by atoms with Gasteiger partial charge in [-0.1, -0.05) is 109 Å². The second-order valence-electron chi connectivity index (χ2n) is 10.6. The second-order valence-corrected chi connectivity index (χ2v) is 10.6. The second kappa shape index (κ2) is 13.5. The molecule has 3 heteroatoms. The van der Waals surface area contributed by atoms with Gasteiger partial charge in [0, 0.05) is 16.7 Å². The molecule has 33 heavy (non-hydrogen) atoms. The van der Waals surface area contributed by atoms with Gasteiger partial charge in [-0.3, -0.25) is 9.59 Å². The first-order valence-corrected chi connectivity index (χ1v) is 13.0. The molecule has 0 spiro atoms. The summed E-state index contributed by atoms with van der Waals surface area (Å²) >= 11 is 0. The van der Waals surface area contributed by atoms with Gasteiger partial charge in [0.25, 0.3) is 0 Å². The summed E-state index contributed by atoms with van der Waals surface area (Å²) in [6.07, 6.45) is 13.7. The molecule has 1 aliphatic carbocycles. The molecule has 2 rings (SSSR count). The molecule has 0 saturated heterocycles. The van der Waals surface area contributed by atoms with E-state index < -0.39 is 11.6 Å². The molecular formula is C30H44O3. The van der Waals surface area contributed by atoms with Crippen LogP contribution in [0.5, 0.6) is 0 Å². The van der Waals surface area contributed by atoms with Crippen molar-refractivity contribution in [3.8, 4) is 0 Å². The number of allylic oxidation sites excluding steroid dienone is 3. The number of hydrogen-bond donors (Lipinski definition) is 1. The van der Waals surface area contributed by atoms with Gasteiger partial charge in [-0.2, -0.15) is 0 Å². The molecule has 0 aromatic heterocycles. The molecule has 0 fully saturated rings. The molecule has 1 aliphatic rings. The summed E-state index contributed by atoms with van der Waals surface area (Å²) in [5.41, 5.74) is 2.18. The normalized spacial score (nSPS) is 16.4. The molecule has 0 aliphatic heterocycles. The van der Waals surface area contributed by atoms with E-state index in [1.165, 1.54) is 50.5 Å². The lowest BCUT2D eigenvalue weighted by Gasteiger charge is -2.17. The number of Topliss-reactive ketones (excluding diaryl/α,β-unsaturated/α-hetero) is 2. The summed E-state index contributed by atoms with van der Waals surface area (Å²) in [7, 11) is 0. The first-order chi connectivity index (χ1) is 15.7. The SMILES string of the molecule is C/C(=C\CC1=C(O)c2ccccc2C(=O)C1=O)CCCC(C)CCCC(C)CCCC(C)C. The van der Waals surface area contributed by atoms with Gasteiger partial charge in [-0.05, 0) is 43.9 Å². The van der Waals surface area contributed by atoms with E-state index in [0.717, 1.165) is 30.6 Å². The van der Waals surface area contributed by atoms with Gasteiger partial charge in [0.1, 0.15) is 5.76 Å². The first-order valence-electron chi connectivity index (χ1n) is 13.0. The Morgan fingerprint density at radius 1 is 0.818 bits per heavy atom. The minimum absolute atomic E-state index is 0.0497. The van der Waals surface area contributed by atoms with E-state index >= 15 is 0 Å². The summed E-state index contributed by atoms with van der Waals surface area (Å²) in [5, 5.41) is 10.5. The molecule has 182 valence electrons. The monoisotopic (exact) mass is 452 g/mol. The third-order valence-electron chi connectivity index (χ3n) is 6.99. The topological polar surface area (TPSA) is 54.4 Å². The van der Waals surface area contributed by atoms with Crippen molar-refractivity contribution < 1.29 is 14.7 Å². The van der Waals surface area contributed by atoms with Gasteiger partial charge in [0.15, 0.2) is 0 Å². The number of hydrogen-bond acceptors (Lipinski definition) is 3. The Bertz CT molecular complexity index is 859. The van der Waals surface area contributed by atoms with Crippen molar-refractivity contribution in [3.05, 3.63) is 52.6 Å². The Labute approximate surface area is 201 Å². The number of benzene rings is 1. The van der Waals surface area contributed by atoms with Crippen LogP contribution in [0.1, 0.15) is 115 Å². The minimum Gasteiger partial charge on any atom is -0.507 e. The van der Waals surface area contributed by atoms with E-state index in [-0.39, 0.29) is 11.3 Å². The van der Waals surface area contributed by atoms with Crippen LogP contribution >= 0.6 is 0 Å². The van der Waals surface area contributed by atoms with E-state index in [0.29, 0.717) is 17.5 Å². The van der Waals surface area contributed by atoms with Crippen molar-refractivity contribution in [1.29, 1.82) is 0 Å². The lowest BCUT2D eigenvalue weighted by Crippen LogP contribution is -2.23. The van der Waals surface area contributed by atoms with E-state index in [9.17, 15) is 14.7 Å². The van der Waals surface area contributed by atoms with Gasteiger partial charge in [0.05, 0.1) is 0 Å². The van der Waals surface area contributed by atoms with Gasteiger partial charge in [-0.15, -0.1) is 0 Å². The van der Waals surface area contributed by atoms with Crippen LogP contribution < -0.4 is 0 Å². The van der Waals surface area contributed by atoms with Crippen molar-refractivity contribution in [2.24, 2.45) is 17.8 Å². The minimum atomic E-state index is -0.581. The number of carbonyl (C=O) groups excluding carboxylic acids is 2. The Morgan fingerprint density at radius 3 is 1.97 bits per heavy atom. The van der Waals surface area contributed by atoms with Crippen molar-refractivity contribution >= 4 is 17.3 Å². The van der Waals surface area contributed by atoms with Crippen molar-refractivity contribution in [3.63, 3.8) is 0 Å². The largest absolute Gasteiger partial charge is 0.507 e. The highest BCUT2D eigenvalue weighted by Gasteiger charge is 2.31. The number of ketones is 2. The highest BCUT2D eigenvalue weighted by Crippen LogP contribution is 2.30. The first kappa shape index (κ1) is 27.1. The van der Waals surface area contributed by atoms with E-state index in [2.05, 4.69) is 34.6 Å². The third-order valence-corrected chi connectivity index (χ3v) is 6.99. The number of rotatable bonds is 14. The molecule has 0 radical (unpaired) electrons. The van der Waals surface area contributed by atoms with Gasteiger partial charge in [0.2, 0.25) is 11.6 Å². The molecule has 3 nitrogen and oxygen atoms in total. The molecule has 0 saturated carbocycles. The fourth-order valence-corrected chi connectivity index (χ4v) is 4.69. The average molecular weight is 453 g/mol. The standard InChI is InChI=1S/C30H44O3/c1-21(2)11-8-12-22(3)13-9-14-23(4)15-10-16-24(5)19-20-27-28(31)25-17-6-7-18-26(25)29(32)30(27)33/h6-7,17-19,21-23,31H,8-16,20H2,1-5H3/b24-19+. The quantitative estimate of drug-likeness (QED) is 0.227. The molecule has 2 unspecified atom stereocenters. The predicted octanol–water partition coefficient (Wildman–Crippen LogP) is 8.50. The van der Waals surface area contributed by atoms with Crippen LogP contribution in [0.25, 0.3) is 5.76 Å². The summed E-state index contributed by atoms with van der Waals surface area (Å²) in [6.45, 7) is 11.4. The Kier molecular flexibility index (Phi) is 11.1. The molecule has 0 amide bonds. The maximum Gasteiger partial charge on any atom is 0.234 e. The van der Waals surface area contributed by atoms with E-state index in [1.807, 2.05) is 6.08 Å². The molecule has 0 bridgehead atoms. The lowest BCUT2D eigenvalue weighted by molar-refractivity contribution is -0.112. The molecular weight excluding hydrogens is 408 g/mol. The van der Waals surface area contributed by atoms with Crippen LogP contribution in [0.15, 0.2) is 41.5 Å². The van der Waals surface area contributed by atoms with Crippen molar-refractivity contribution in [1.82, 2.24) is 0 Å². The predicted molar refractivity (Wildman–Crippen MR) is 138 cm³/mol. The fraction of sp³-hybridized carbons (Fsp3) is 0.600. The number of carbonyl (C=O) groups is 2. The lowest BCUT2D eigenvalue weighted by atomic mass is 9.86. The Hall–Kier alpha value is -2.16. The van der Waals surface area contributed by atoms with Gasteiger partial charge < -0.3 is 5.11 Å². The number of aliphatic hydroxyl groups is 1. The fourth-order valence-electron chi connectivity index (χ4n) is 4.69. The smallest absolute Gasteiger partial charge is 0.234 e. The number of aliphatic hydroxyl groups excluding tert-OH is 1. The highest BCUT2D eigenvalue weighted by atomic mass is 16.3. The zero-order valence-corrected chi connectivity index (χ0v) is 21.5. The van der Waals surface area contributed by atoms with Crippen LogP contribution in [0.2, 0.25) is 0 Å². The summed E-state index contributed by atoms with van der Waals surface area (Å²) in [5.74, 6) is 1.25. The molecule has 1 N–H and O–H groups in total. The third kappa shape index (κ3) is 8.61. The summed E-state index contributed by atoms with van der Waals surface area (Å²) in [6, 6.07) is 6.77. The Balaban J connectivity index is 1.72. The van der Waals surface area contributed by atoms with Crippen LogP contribution in [0, 0.1) is 17.8 Å².